The molecule has 0 bridgehead atoms. The summed E-state index contributed by atoms with van der Waals surface area (Å²) in [6.45, 7) is 9.35. The highest BCUT2D eigenvalue weighted by atomic mass is 16.5. The topological polar surface area (TPSA) is 38.3 Å². The summed E-state index contributed by atoms with van der Waals surface area (Å²) >= 11 is 0. The Morgan fingerprint density at radius 2 is 1.65 bits per heavy atom. The van der Waals surface area contributed by atoms with E-state index in [-0.39, 0.29) is 11.3 Å². The zero-order chi connectivity index (χ0) is 19.0. The van der Waals surface area contributed by atoms with Crippen LogP contribution in [0.3, 0.4) is 0 Å². The van der Waals surface area contributed by atoms with Gasteiger partial charge in [0.05, 0.1) is 6.61 Å². The molecule has 0 atom stereocenters. The first kappa shape index (κ1) is 20.0. The summed E-state index contributed by atoms with van der Waals surface area (Å²) in [6.07, 6.45) is 3.25. The first-order valence-electron chi connectivity index (χ1n) is 9.56. The maximum Gasteiger partial charge on any atom is 0.224 e. The molecule has 0 unspecified atom stereocenters. The fraction of sp³-hybridized carbons (Fsp3) is 0.435. The van der Waals surface area contributed by atoms with Gasteiger partial charge in [-0.05, 0) is 60.1 Å². The average molecular weight is 354 g/mol. The number of amides is 1. The van der Waals surface area contributed by atoms with Crippen LogP contribution < -0.4 is 10.1 Å². The van der Waals surface area contributed by atoms with Crippen LogP contribution in [-0.4, -0.2) is 12.5 Å². The second kappa shape index (κ2) is 9.42. The number of carbonyl (C=O) groups excluding carboxylic acids is 1. The summed E-state index contributed by atoms with van der Waals surface area (Å²) in [5.41, 5.74) is 3.62. The van der Waals surface area contributed by atoms with Crippen molar-refractivity contribution in [2.24, 2.45) is 0 Å². The number of anilines is 1. The van der Waals surface area contributed by atoms with Crippen LogP contribution in [0.1, 0.15) is 58.1 Å². The van der Waals surface area contributed by atoms with Crippen molar-refractivity contribution in [2.45, 2.75) is 58.8 Å². The first-order chi connectivity index (χ1) is 12.4. The minimum absolute atomic E-state index is 0.0258. The molecule has 2 aromatic rings. The summed E-state index contributed by atoms with van der Waals surface area (Å²) in [6, 6.07) is 16.3. The van der Waals surface area contributed by atoms with Gasteiger partial charge in [0.2, 0.25) is 5.91 Å². The summed E-state index contributed by atoms with van der Waals surface area (Å²) < 4.78 is 5.76. The van der Waals surface area contributed by atoms with E-state index in [1.165, 1.54) is 11.1 Å². The first-order valence-corrected chi connectivity index (χ1v) is 9.56. The number of rotatable bonds is 9. The Morgan fingerprint density at radius 3 is 2.23 bits per heavy atom. The Morgan fingerprint density at radius 1 is 1.00 bits per heavy atom. The van der Waals surface area contributed by atoms with Crippen molar-refractivity contribution in [3.05, 3.63) is 59.7 Å². The molecule has 26 heavy (non-hydrogen) atoms. The lowest BCUT2D eigenvalue weighted by Gasteiger charge is -2.23. The third kappa shape index (κ3) is 5.91. The molecule has 2 aromatic carbocycles. The van der Waals surface area contributed by atoms with E-state index in [9.17, 15) is 4.79 Å². The maximum absolute atomic E-state index is 12.0. The van der Waals surface area contributed by atoms with Gasteiger partial charge in [0.1, 0.15) is 5.75 Å². The summed E-state index contributed by atoms with van der Waals surface area (Å²) in [7, 11) is 0. The zero-order valence-corrected chi connectivity index (χ0v) is 16.5. The number of aryl methyl sites for hydroxylation is 1. The van der Waals surface area contributed by atoms with Crippen LogP contribution in [0.2, 0.25) is 0 Å². The normalized spacial score (nSPS) is 11.2. The number of carbonyl (C=O) groups is 1. The highest BCUT2D eigenvalue weighted by molar-refractivity contribution is 5.90. The van der Waals surface area contributed by atoms with E-state index in [0.717, 1.165) is 24.3 Å². The summed E-state index contributed by atoms with van der Waals surface area (Å²) in [5, 5.41) is 2.93. The molecule has 0 aliphatic rings. The van der Waals surface area contributed by atoms with Crippen molar-refractivity contribution < 1.29 is 9.53 Å². The number of ether oxygens (including phenoxy) is 1. The smallest absolute Gasteiger partial charge is 0.224 e. The molecular formula is C23H31NO2. The fourth-order valence-corrected chi connectivity index (χ4v) is 2.68. The van der Waals surface area contributed by atoms with Gasteiger partial charge in [-0.2, -0.15) is 0 Å². The second-order valence-electron chi connectivity index (χ2n) is 7.31. The maximum atomic E-state index is 12.0. The average Bonchev–Trinajstić information content (AvgIpc) is 2.66. The van der Waals surface area contributed by atoms with E-state index >= 15 is 0 Å². The Labute approximate surface area is 157 Å². The number of nitrogens with one attached hydrogen (secondary N) is 1. The van der Waals surface area contributed by atoms with Gasteiger partial charge in [0.15, 0.2) is 0 Å². The van der Waals surface area contributed by atoms with E-state index in [1.807, 2.05) is 36.4 Å². The molecule has 3 heteroatoms. The quantitative estimate of drug-likeness (QED) is 0.584. The van der Waals surface area contributed by atoms with Crippen molar-refractivity contribution in [3.63, 3.8) is 0 Å². The van der Waals surface area contributed by atoms with E-state index in [1.54, 1.807) is 0 Å². The van der Waals surface area contributed by atoms with Gasteiger partial charge < -0.3 is 10.1 Å². The van der Waals surface area contributed by atoms with Gasteiger partial charge >= 0.3 is 0 Å². The predicted molar refractivity (Wildman–Crippen MR) is 109 cm³/mol. The molecule has 0 saturated heterocycles. The largest absolute Gasteiger partial charge is 0.494 e. The van der Waals surface area contributed by atoms with Crippen LogP contribution in [-0.2, 0) is 16.6 Å². The molecule has 2 rings (SSSR count). The molecule has 0 aromatic heterocycles. The number of benzene rings is 2. The minimum Gasteiger partial charge on any atom is -0.494 e. The van der Waals surface area contributed by atoms with Gasteiger partial charge in [-0.1, -0.05) is 52.0 Å². The third-order valence-electron chi connectivity index (χ3n) is 4.98. The van der Waals surface area contributed by atoms with E-state index < -0.39 is 0 Å². The van der Waals surface area contributed by atoms with E-state index in [0.29, 0.717) is 19.4 Å². The predicted octanol–water partition coefficient (Wildman–Crippen LogP) is 5.73. The van der Waals surface area contributed by atoms with Gasteiger partial charge in [-0.25, -0.2) is 0 Å². The monoisotopic (exact) mass is 353 g/mol. The lowest BCUT2D eigenvalue weighted by Crippen LogP contribution is -2.15. The number of hydrogen-bond donors (Lipinski definition) is 1. The van der Waals surface area contributed by atoms with Crippen molar-refractivity contribution in [2.75, 3.05) is 11.9 Å². The van der Waals surface area contributed by atoms with Crippen molar-refractivity contribution in [1.29, 1.82) is 0 Å². The van der Waals surface area contributed by atoms with Crippen molar-refractivity contribution in [3.8, 4) is 5.75 Å². The van der Waals surface area contributed by atoms with Crippen LogP contribution in [0.25, 0.3) is 0 Å². The Balaban J connectivity index is 1.71. The Bertz CT molecular complexity index is 687. The minimum atomic E-state index is 0.0258. The zero-order valence-electron chi connectivity index (χ0n) is 16.5. The van der Waals surface area contributed by atoms with Crippen LogP contribution in [0.5, 0.6) is 5.75 Å². The standard InChI is InChI=1S/C23H31NO2/c1-5-18-9-13-20(14-10-18)24-22(25)8-7-17-26-21-15-11-19(12-16-21)23(3,4)6-2/h9-16H,5-8,17H2,1-4H3,(H,24,25). The molecule has 140 valence electrons. The molecule has 0 aliphatic carbocycles. The van der Waals surface area contributed by atoms with Crippen LogP contribution in [0.15, 0.2) is 48.5 Å². The van der Waals surface area contributed by atoms with Crippen LogP contribution >= 0.6 is 0 Å². The molecule has 0 aliphatic heterocycles. The lowest BCUT2D eigenvalue weighted by molar-refractivity contribution is -0.116. The van der Waals surface area contributed by atoms with Crippen molar-refractivity contribution >= 4 is 11.6 Å². The molecular weight excluding hydrogens is 322 g/mol. The molecule has 0 heterocycles. The highest BCUT2D eigenvalue weighted by Gasteiger charge is 2.17. The molecule has 1 N–H and O–H groups in total. The van der Waals surface area contributed by atoms with Crippen LogP contribution in [0.4, 0.5) is 5.69 Å². The Hall–Kier alpha value is -2.29. The molecule has 0 spiro atoms. The highest BCUT2D eigenvalue weighted by Crippen LogP contribution is 2.28. The van der Waals surface area contributed by atoms with Gasteiger partial charge in [0, 0.05) is 12.1 Å². The fourth-order valence-electron chi connectivity index (χ4n) is 2.68. The molecule has 3 nitrogen and oxygen atoms in total. The van der Waals surface area contributed by atoms with Gasteiger partial charge in [0.25, 0.3) is 0 Å². The van der Waals surface area contributed by atoms with Crippen molar-refractivity contribution in [1.82, 2.24) is 0 Å². The second-order valence-corrected chi connectivity index (χ2v) is 7.31. The SMILES string of the molecule is CCc1ccc(NC(=O)CCCOc2ccc(C(C)(C)CC)cc2)cc1. The van der Waals surface area contributed by atoms with E-state index in [2.05, 4.69) is 45.1 Å². The van der Waals surface area contributed by atoms with Gasteiger partial charge in [-0.15, -0.1) is 0 Å². The third-order valence-corrected chi connectivity index (χ3v) is 4.98. The summed E-state index contributed by atoms with van der Waals surface area (Å²) in [4.78, 5) is 12.0. The van der Waals surface area contributed by atoms with E-state index in [4.69, 9.17) is 4.74 Å². The Kier molecular flexibility index (Phi) is 7.26. The lowest BCUT2D eigenvalue weighted by atomic mass is 9.82. The molecule has 0 fully saturated rings. The molecule has 0 radical (unpaired) electrons. The molecule has 1 amide bonds. The van der Waals surface area contributed by atoms with Crippen LogP contribution in [0, 0.1) is 0 Å². The number of hydrogen-bond acceptors (Lipinski definition) is 2. The molecule has 0 saturated carbocycles. The van der Waals surface area contributed by atoms with Gasteiger partial charge in [-0.3, -0.25) is 4.79 Å². The summed E-state index contributed by atoms with van der Waals surface area (Å²) in [5.74, 6) is 0.883.